The molecule has 0 bridgehead atoms. The minimum atomic E-state index is -0.0622. The average Bonchev–Trinajstić information content (AvgIpc) is 3.48. The van der Waals surface area contributed by atoms with E-state index in [1.54, 1.807) is 38.7 Å². The van der Waals surface area contributed by atoms with E-state index < -0.39 is 0 Å². The first kappa shape index (κ1) is 21.3. The summed E-state index contributed by atoms with van der Waals surface area (Å²) in [4.78, 5) is 15.2. The Bertz CT molecular complexity index is 1010. The average molecular weight is 443 g/mol. The number of methoxy groups -OCH3 is 2. The van der Waals surface area contributed by atoms with Crippen molar-refractivity contribution in [3.05, 3.63) is 47.9 Å². The van der Waals surface area contributed by atoms with Crippen LogP contribution < -0.4 is 14.4 Å². The van der Waals surface area contributed by atoms with Gasteiger partial charge in [-0.2, -0.15) is 0 Å². The predicted octanol–water partition coefficient (Wildman–Crippen LogP) is 3.90. The van der Waals surface area contributed by atoms with Gasteiger partial charge in [-0.25, -0.2) is 0 Å². The summed E-state index contributed by atoms with van der Waals surface area (Å²) in [6, 6.07) is 9.01. The van der Waals surface area contributed by atoms with Crippen LogP contribution in [0, 0.1) is 0 Å². The molecule has 31 heavy (non-hydrogen) atoms. The molecule has 9 heteroatoms. The van der Waals surface area contributed by atoms with Crippen molar-refractivity contribution in [1.82, 2.24) is 14.8 Å². The lowest BCUT2D eigenvalue weighted by Crippen LogP contribution is -2.32. The number of ether oxygens (including phenoxy) is 2. The summed E-state index contributed by atoms with van der Waals surface area (Å²) >= 11 is 1.36. The molecule has 1 saturated heterocycles. The van der Waals surface area contributed by atoms with E-state index in [9.17, 15) is 4.79 Å². The zero-order valence-corrected chi connectivity index (χ0v) is 18.6. The van der Waals surface area contributed by atoms with Gasteiger partial charge >= 0.3 is 0 Å². The molecule has 2 aromatic heterocycles. The summed E-state index contributed by atoms with van der Waals surface area (Å²) in [5.74, 6) is 2.93. The Morgan fingerprint density at radius 3 is 2.68 bits per heavy atom. The van der Waals surface area contributed by atoms with E-state index in [1.165, 1.54) is 18.2 Å². The Labute approximate surface area is 185 Å². The third kappa shape index (κ3) is 4.87. The van der Waals surface area contributed by atoms with Crippen molar-refractivity contribution in [2.45, 2.75) is 31.0 Å². The van der Waals surface area contributed by atoms with Gasteiger partial charge < -0.3 is 18.8 Å². The fourth-order valence-corrected chi connectivity index (χ4v) is 4.47. The topological polar surface area (TPSA) is 82.6 Å². The van der Waals surface area contributed by atoms with Crippen LogP contribution in [0.1, 0.15) is 35.4 Å². The third-order valence-corrected chi connectivity index (χ3v) is 6.24. The van der Waals surface area contributed by atoms with Crippen LogP contribution in [0.15, 0.2) is 46.2 Å². The van der Waals surface area contributed by atoms with Crippen molar-refractivity contribution in [2.75, 3.05) is 38.0 Å². The first-order chi connectivity index (χ1) is 15.2. The number of hydrogen-bond donors (Lipinski definition) is 0. The summed E-state index contributed by atoms with van der Waals surface area (Å²) in [5, 5.41) is 9.54. The minimum Gasteiger partial charge on any atom is -0.497 e. The molecule has 3 heterocycles. The van der Waals surface area contributed by atoms with Crippen LogP contribution >= 0.6 is 11.8 Å². The number of rotatable bonds is 9. The highest BCUT2D eigenvalue weighted by molar-refractivity contribution is 7.99. The first-order valence-electron chi connectivity index (χ1n) is 10.3. The van der Waals surface area contributed by atoms with Gasteiger partial charge in [-0.15, -0.1) is 10.2 Å². The number of thioether (sulfide) groups is 1. The van der Waals surface area contributed by atoms with E-state index in [0.717, 1.165) is 37.6 Å². The lowest BCUT2D eigenvalue weighted by molar-refractivity contribution is 0.101. The van der Waals surface area contributed by atoms with Crippen LogP contribution in [0.5, 0.6) is 11.5 Å². The summed E-state index contributed by atoms with van der Waals surface area (Å²) < 4.78 is 18.2. The molecule has 0 atom stereocenters. The number of ketones is 1. The minimum absolute atomic E-state index is 0.0622. The number of carbonyl (C=O) groups is 1. The van der Waals surface area contributed by atoms with Crippen LogP contribution in [-0.4, -0.2) is 53.6 Å². The van der Waals surface area contributed by atoms with Gasteiger partial charge in [-0.1, -0.05) is 11.8 Å². The van der Waals surface area contributed by atoms with Crippen molar-refractivity contribution in [3.8, 4) is 11.5 Å². The number of hydrogen-bond acceptors (Lipinski definition) is 8. The van der Waals surface area contributed by atoms with Crippen molar-refractivity contribution >= 4 is 23.5 Å². The molecule has 0 N–H and O–H groups in total. The van der Waals surface area contributed by atoms with Gasteiger partial charge in [-0.3, -0.25) is 9.36 Å². The molecule has 0 radical (unpaired) electrons. The number of Topliss-reactive ketones (excluding diaryl/α,β-unsaturated/α-hetero) is 1. The molecule has 0 amide bonds. The molecular weight excluding hydrogens is 416 g/mol. The molecule has 1 aliphatic rings. The summed E-state index contributed by atoms with van der Waals surface area (Å²) in [6.45, 7) is 2.44. The van der Waals surface area contributed by atoms with Crippen LogP contribution in [0.25, 0.3) is 0 Å². The van der Waals surface area contributed by atoms with Crippen LogP contribution in [-0.2, 0) is 6.54 Å². The van der Waals surface area contributed by atoms with Crippen LogP contribution in [0.3, 0.4) is 0 Å². The fourth-order valence-electron chi connectivity index (χ4n) is 3.65. The normalized spacial score (nSPS) is 13.9. The Kier molecular flexibility index (Phi) is 6.81. The highest BCUT2D eigenvalue weighted by Gasteiger charge is 2.22. The van der Waals surface area contributed by atoms with Gasteiger partial charge in [0.15, 0.2) is 10.9 Å². The largest absolute Gasteiger partial charge is 0.497 e. The Morgan fingerprint density at radius 2 is 1.97 bits per heavy atom. The lowest BCUT2D eigenvalue weighted by Gasteiger charge is -2.27. The van der Waals surface area contributed by atoms with Gasteiger partial charge in [0, 0.05) is 13.1 Å². The second-order valence-corrected chi connectivity index (χ2v) is 8.22. The molecule has 4 rings (SSSR count). The zero-order valence-electron chi connectivity index (χ0n) is 17.7. The monoisotopic (exact) mass is 442 g/mol. The highest BCUT2D eigenvalue weighted by Crippen LogP contribution is 2.29. The Hall–Kier alpha value is -2.94. The van der Waals surface area contributed by atoms with Crippen LogP contribution in [0.2, 0.25) is 0 Å². The van der Waals surface area contributed by atoms with Gasteiger partial charge in [0.2, 0.25) is 5.95 Å². The highest BCUT2D eigenvalue weighted by atomic mass is 32.2. The summed E-state index contributed by atoms with van der Waals surface area (Å²) in [7, 11) is 3.13. The Morgan fingerprint density at radius 1 is 1.13 bits per heavy atom. The maximum absolute atomic E-state index is 13.0. The number of furan rings is 1. The van der Waals surface area contributed by atoms with E-state index in [4.69, 9.17) is 13.9 Å². The van der Waals surface area contributed by atoms with Gasteiger partial charge in [0.25, 0.3) is 0 Å². The molecule has 0 unspecified atom stereocenters. The third-order valence-electron chi connectivity index (χ3n) is 5.27. The smallest absolute Gasteiger partial charge is 0.228 e. The van der Waals surface area contributed by atoms with Gasteiger partial charge in [-0.05, 0) is 49.6 Å². The summed E-state index contributed by atoms with van der Waals surface area (Å²) in [5.41, 5.74) is 0.489. The number of piperidine rings is 1. The fraction of sp³-hybridized carbons (Fsp3) is 0.409. The first-order valence-corrected chi connectivity index (χ1v) is 11.3. The second kappa shape index (κ2) is 9.91. The van der Waals surface area contributed by atoms with Crippen molar-refractivity contribution in [2.24, 2.45) is 0 Å². The molecule has 0 aliphatic carbocycles. The molecular formula is C22H26N4O4S. The zero-order chi connectivity index (χ0) is 21.6. The van der Waals surface area contributed by atoms with E-state index in [1.807, 2.05) is 16.7 Å². The SMILES string of the molecule is COc1ccc(OC)c(C(=O)CSc2nnc(N3CCCCC3)n2Cc2ccco2)c1. The molecule has 164 valence electrons. The Balaban J connectivity index is 1.55. The van der Waals surface area contributed by atoms with Crippen molar-refractivity contribution < 1.29 is 18.7 Å². The number of aromatic nitrogens is 3. The maximum Gasteiger partial charge on any atom is 0.228 e. The van der Waals surface area contributed by atoms with Gasteiger partial charge in [0.05, 0.1) is 38.3 Å². The standard InChI is InChI=1S/C22H26N4O4S/c1-28-16-8-9-20(29-2)18(13-16)19(27)15-31-22-24-23-21(25-10-4-3-5-11-25)26(22)14-17-7-6-12-30-17/h6-9,12-13H,3-5,10-11,14-15H2,1-2H3. The second-order valence-electron chi connectivity index (χ2n) is 7.27. The van der Waals surface area contributed by atoms with Crippen molar-refractivity contribution in [1.29, 1.82) is 0 Å². The van der Waals surface area contributed by atoms with E-state index >= 15 is 0 Å². The lowest BCUT2D eigenvalue weighted by atomic mass is 10.1. The summed E-state index contributed by atoms with van der Waals surface area (Å²) in [6.07, 6.45) is 5.18. The molecule has 0 spiro atoms. The molecule has 1 aliphatic heterocycles. The number of carbonyl (C=O) groups excluding carboxylic acids is 1. The van der Waals surface area contributed by atoms with E-state index in [0.29, 0.717) is 28.8 Å². The van der Waals surface area contributed by atoms with Gasteiger partial charge in [0.1, 0.15) is 17.3 Å². The van der Waals surface area contributed by atoms with Crippen LogP contribution in [0.4, 0.5) is 5.95 Å². The van der Waals surface area contributed by atoms with E-state index in [-0.39, 0.29) is 11.5 Å². The number of benzene rings is 1. The molecule has 1 aromatic carbocycles. The maximum atomic E-state index is 13.0. The molecule has 1 fully saturated rings. The van der Waals surface area contributed by atoms with Crippen molar-refractivity contribution in [3.63, 3.8) is 0 Å². The molecule has 8 nitrogen and oxygen atoms in total. The number of anilines is 1. The number of nitrogens with zero attached hydrogens (tertiary/aromatic N) is 4. The predicted molar refractivity (Wildman–Crippen MR) is 118 cm³/mol. The molecule has 3 aromatic rings. The quantitative estimate of drug-likeness (QED) is 0.364. The molecule has 0 saturated carbocycles. The van der Waals surface area contributed by atoms with E-state index in [2.05, 4.69) is 15.1 Å².